The van der Waals surface area contributed by atoms with Crippen LogP contribution in [0.3, 0.4) is 0 Å². The summed E-state index contributed by atoms with van der Waals surface area (Å²) in [7, 11) is 3.55. The number of ether oxygens (including phenoxy) is 1. The second kappa shape index (κ2) is 7.56. The lowest BCUT2D eigenvalue weighted by atomic mass is 10.1. The van der Waals surface area contributed by atoms with E-state index in [4.69, 9.17) is 9.72 Å². The number of pyridine rings is 1. The van der Waals surface area contributed by atoms with Gasteiger partial charge in [-0.3, -0.25) is 9.78 Å². The van der Waals surface area contributed by atoms with Gasteiger partial charge in [-0.1, -0.05) is 12.2 Å². The number of allylic oxidation sites excluding steroid dienone is 4. The molecule has 0 fully saturated rings. The number of benzene rings is 1. The van der Waals surface area contributed by atoms with Gasteiger partial charge in [0.25, 0.3) is 5.91 Å². The van der Waals surface area contributed by atoms with Crippen LogP contribution in [0.25, 0.3) is 11.0 Å². The van der Waals surface area contributed by atoms with Gasteiger partial charge < -0.3 is 19.9 Å². The van der Waals surface area contributed by atoms with Crippen LogP contribution in [-0.2, 0) is 7.05 Å². The quantitative estimate of drug-likeness (QED) is 0.710. The van der Waals surface area contributed by atoms with E-state index in [1.54, 1.807) is 25.4 Å². The molecule has 0 unspecified atom stereocenters. The molecule has 0 radical (unpaired) electrons. The number of hydrogen-bond donors (Lipinski definition) is 2. The molecule has 1 aliphatic carbocycles. The van der Waals surface area contributed by atoms with E-state index in [-0.39, 0.29) is 5.91 Å². The largest absolute Gasteiger partial charge is 0.457 e. The standard InChI is InChI=1S/C21H21N5O2/c1-22-20(27)18-13-16(10-11-23-18)28-15-8-9-19-17(12-15)25-21(26(19)2)24-14-6-4-3-5-7-14/h3-4,6,8-13H,5,7H2,1-2H3,(H,22,27)(H,24,25). The van der Waals surface area contributed by atoms with E-state index < -0.39 is 0 Å². The highest BCUT2D eigenvalue weighted by molar-refractivity contribution is 5.92. The summed E-state index contributed by atoms with van der Waals surface area (Å²) < 4.78 is 7.93. The van der Waals surface area contributed by atoms with E-state index in [9.17, 15) is 4.79 Å². The molecule has 142 valence electrons. The molecule has 28 heavy (non-hydrogen) atoms. The molecule has 1 amide bonds. The van der Waals surface area contributed by atoms with Gasteiger partial charge in [-0.15, -0.1) is 0 Å². The van der Waals surface area contributed by atoms with Gasteiger partial charge in [0.15, 0.2) is 0 Å². The number of nitrogens with zero attached hydrogens (tertiary/aromatic N) is 3. The van der Waals surface area contributed by atoms with Gasteiger partial charge in [-0.2, -0.15) is 0 Å². The van der Waals surface area contributed by atoms with Gasteiger partial charge in [-0.25, -0.2) is 4.98 Å². The van der Waals surface area contributed by atoms with Gasteiger partial charge in [0.05, 0.1) is 11.0 Å². The number of carbonyl (C=O) groups is 1. The predicted octanol–water partition coefficient (Wildman–Crippen LogP) is 3.77. The van der Waals surface area contributed by atoms with Crippen molar-refractivity contribution in [2.24, 2.45) is 7.05 Å². The minimum Gasteiger partial charge on any atom is -0.457 e. The maximum absolute atomic E-state index is 11.7. The summed E-state index contributed by atoms with van der Waals surface area (Å²) >= 11 is 0. The fourth-order valence-corrected chi connectivity index (χ4v) is 3.07. The molecule has 2 N–H and O–H groups in total. The first-order chi connectivity index (χ1) is 13.6. The molecule has 0 atom stereocenters. The Hall–Kier alpha value is -3.61. The number of fused-ring (bicyclic) bond motifs is 1. The fourth-order valence-electron chi connectivity index (χ4n) is 3.07. The number of nitrogens with one attached hydrogen (secondary N) is 2. The fraction of sp³-hybridized carbons (Fsp3) is 0.190. The topological polar surface area (TPSA) is 81.1 Å². The van der Waals surface area contributed by atoms with Crippen molar-refractivity contribution in [2.45, 2.75) is 12.8 Å². The lowest BCUT2D eigenvalue weighted by molar-refractivity contribution is 0.0958. The Morgan fingerprint density at radius 3 is 2.86 bits per heavy atom. The number of hydrogen-bond acceptors (Lipinski definition) is 5. The molecule has 1 aromatic carbocycles. The van der Waals surface area contributed by atoms with Crippen LogP contribution in [0.2, 0.25) is 0 Å². The van der Waals surface area contributed by atoms with Crippen molar-refractivity contribution < 1.29 is 9.53 Å². The van der Waals surface area contributed by atoms with E-state index in [1.807, 2.05) is 29.8 Å². The zero-order chi connectivity index (χ0) is 19.5. The first kappa shape index (κ1) is 17.8. The highest BCUT2D eigenvalue weighted by atomic mass is 16.5. The lowest BCUT2D eigenvalue weighted by Crippen LogP contribution is -2.18. The van der Waals surface area contributed by atoms with E-state index in [2.05, 4.69) is 33.8 Å². The first-order valence-corrected chi connectivity index (χ1v) is 9.09. The second-order valence-electron chi connectivity index (χ2n) is 6.49. The SMILES string of the molecule is CNC(=O)c1cc(Oc2ccc3c(c2)nc(NC2=CC=CCC2)n3C)ccn1. The van der Waals surface area contributed by atoms with Gasteiger partial charge in [0, 0.05) is 38.1 Å². The molecule has 4 rings (SSSR count). The Balaban J connectivity index is 1.59. The van der Waals surface area contributed by atoms with Gasteiger partial charge in [0.1, 0.15) is 17.2 Å². The molecular formula is C21H21N5O2. The Morgan fingerprint density at radius 2 is 2.07 bits per heavy atom. The highest BCUT2D eigenvalue weighted by Gasteiger charge is 2.12. The van der Waals surface area contributed by atoms with Crippen LogP contribution in [0.15, 0.2) is 60.5 Å². The van der Waals surface area contributed by atoms with Gasteiger partial charge >= 0.3 is 0 Å². The highest BCUT2D eigenvalue weighted by Crippen LogP contribution is 2.28. The van der Waals surface area contributed by atoms with Crippen molar-refractivity contribution in [1.82, 2.24) is 19.9 Å². The minimum atomic E-state index is -0.256. The Morgan fingerprint density at radius 1 is 1.21 bits per heavy atom. The van der Waals surface area contributed by atoms with Crippen LogP contribution in [0, 0.1) is 0 Å². The van der Waals surface area contributed by atoms with Crippen LogP contribution >= 0.6 is 0 Å². The van der Waals surface area contributed by atoms with Gasteiger partial charge in [-0.05, 0) is 37.1 Å². The molecule has 2 aromatic heterocycles. The van der Waals surface area contributed by atoms with Crippen molar-refractivity contribution in [2.75, 3.05) is 12.4 Å². The van der Waals surface area contributed by atoms with Crippen molar-refractivity contribution in [3.8, 4) is 11.5 Å². The molecule has 2 heterocycles. The summed E-state index contributed by atoms with van der Waals surface area (Å²) in [6.07, 6.45) is 9.84. The van der Waals surface area contributed by atoms with E-state index in [1.165, 1.54) is 0 Å². The van der Waals surface area contributed by atoms with Crippen molar-refractivity contribution in [3.63, 3.8) is 0 Å². The third kappa shape index (κ3) is 3.59. The third-order valence-corrected chi connectivity index (χ3v) is 4.57. The summed E-state index contributed by atoms with van der Waals surface area (Å²) in [6, 6.07) is 9.06. The minimum absolute atomic E-state index is 0.256. The summed E-state index contributed by atoms with van der Waals surface area (Å²) in [4.78, 5) is 20.5. The van der Waals surface area contributed by atoms with Crippen LogP contribution in [0.5, 0.6) is 11.5 Å². The van der Waals surface area contributed by atoms with E-state index in [0.29, 0.717) is 17.2 Å². The second-order valence-corrected chi connectivity index (χ2v) is 6.49. The van der Waals surface area contributed by atoms with Crippen molar-refractivity contribution in [1.29, 1.82) is 0 Å². The number of aromatic nitrogens is 3. The summed E-state index contributed by atoms with van der Waals surface area (Å²) in [5.41, 5.74) is 3.29. The van der Waals surface area contributed by atoms with Crippen molar-refractivity contribution >= 4 is 22.9 Å². The first-order valence-electron chi connectivity index (χ1n) is 9.09. The van der Waals surface area contributed by atoms with Crippen molar-refractivity contribution in [3.05, 3.63) is 66.1 Å². The molecular weight excluding hydrogens is 354 g/mol. The summed E-state index contributed by atoms with van der Waals surface area (Å²) in [6.45, 7) is 0. The Bertz CT molecular complexity index is 1100. The third-order valence-electron chi connectivity index (χ3n) is 4.57. The normalized spacial score (nSPS) is 13.3. The van der Waals surface area contributed by atoms with Crippen LogP contribution in [0.1, 0.15) is 23.3 Å². The molecule has 0 saturated heterocycles. The smallest absolute Gasteiger partial charge is 0.269 e. The number of anilines is 1. The number of amides is 1. The lowest BCUT2D eigenvalue weighted by Gasteiger charge is -2.11. The maximum Gasteiger partial charge on any atom is 0.269 e. The number of imidazole rings is 1. The van der Waals surface area contributed by atoms with Crippen LogP contribution in [0.4, 0.5) is 5.95 Å². The number of rotatable bonds is 5. The van der Waals surface area contributed by atoms with E-state index >= 15 is 0 Å². The monoisotopic (exact) mass is 375 g/mol. The number of aryl methyl sites for hydroxylation is 1. The Labute approximate surface area is 162 Å². The maximum atomic E-state index is 11.7. The molecule has 7 nitrogen and oxygen atoms in total. The molecule has 0 bridgehead atoms. The zero-order valence-electron chi connectivity index (χ0n) is 15.8. The number of carbonyl (C=O) groups excluding carboxylic acids is 1. The molecule has 0 saturated carbocycles. The zero-order valence-corrected chi connectivity index (χ0v) is 15.8. The Kier molecular flexibility index (Phi) is 4.80. The predicted molar refractivity (Wildman–Crippen MR) is 108 cm³/mol. The van der Waals surface area contributed by atoms with Crippen LogP contribution in [-0.4, -0.2) is 27.5 Å². The van der Waals surface area contributed by atoms with Gasteiger partial charge in [0.2, 0.25) is 5.95 Å². The van der Waals surface area contributed by atoms with E-state index in [0.717, 1.165) is 35.5 Å². The average molecular weight is 375 g/mol. The molecule has 7 heteroatoms. The molecule has 0 spiro atoms. The average Bonchev–Trinajstić information content (AvgIpc) is 3.03. The summed E-state index contributed by atoms with van der Waals surface area (Å²) in [5, 5.41) is 5.96. The molecule has 3 aromatic rings. The molecule has 0 aliphatic heterocycles. The van der Waals surface area contributed by atoms with Crippen LogP contribution < -0.4 is 15.4 Å². The molecule has 1 aliphatic rings. The summed E-state index contributed by atoms with van der Waals surface area (Å²) in [5.74, 6) is 1.72.